The van der Waals surface area contributed by atoms with Gasteiger partial charge in [0.1, 0.15) is 0 Å². The summed E-state index contributed by atoms with van der Waals surface area (Å²) in [4.78, 5) is 0. The lowest BCUT2D eigenvalue weighted by molar-refractivity contribution is 0.199. The Morgan fingerprint density at radius 3 is 3.00 bits per heavy atom. The lowest BCUT2D eigenvalue weighted by Crippen LogP contribution is -2.18. The molecule has 1 heterocycles. The van der Waals surface area contributed by atoms with Crippen molar-refractivity contribution in [3.05, 3.63) is 11.9 Å². The van der Waals surface area contributed by atoms with Crippen LogP contribution < -0.4 is 5.32 Å². The first-order valence-corrected chi connectivity index (χ1v) is 5.81. The highest BCUT2D eigenvalue weighted by Crippen LogP contribution is 2.02. The van der Waals surface area contributed by atoms with Gasteiger partial charge in [-0.3, -0.25) is 4.68 Å². The summed E-state index contributed by atoms with van der Waals surface area (Å²) >= 11 is 0. The Balaban J connectivity index is 2.22. The van der Waals surface area contributed by atoms with Crippen LogP contribution in [0.5, 0.6) is 0 Å². The zero-order valence-electron chi connectivity index (χ0n) is 10.4. The third-order valence-corrected chi connectivity index (χ3v) is 2.31. The molecule has 0 aliphatic heterocycles. The smallest absolute Gasteiger partial charge is 0.0964 e. The van der Waals surface area contributed by atoms with Crippen molar-refractivity contribution in [1.82, 2.24) is 20.3 Å². The van der Waals surface area contributed by atoms with Crippen molar-refractivity contribution >= 4 is 0 Å². The average Bonchev–Trinajstić information content (AvgIpc) is 2.70. The number of methoxy groups -OCH3 is 1. The van der Waals surface area contributed by atoms with E-state index in [2.05, 4.69) is 29.5 Å². The monoisotopic (exact) mass is 226 g/mol. The summed E-state index contributed by atoms with van der Waals surface area (Å²) in [5.74, 6) is 0.701. The molecule has 92 valence electrons. The van der Waals surface area contributed by atoms with Crippen molar-refractivity contribution < 1.29 is 4.74 Å². The lowest BCUT2D eigenvalue weighted by Gasteiger charge is -2.03. The molecule has 0 aliphatic rings. The molecule has 5 heteroatoms. The summed E-state index contributed by atoms with van der Waals surface area (Å²) in [5, 5.41) is 11.4. The average molecular weight is 226 g/mol. The second kappa shape index (κ2) is 7.35. The van der Waals surface area contributed by atoms with Gasteiger partial charge in [0.15, 0.2) is 0 Å². The highest BCUT2D eigenvalue weighted by molar-refractivity contribution is 4.91. The van der Waals surface area contributed by atoms with Crippen LogP contribution in [0.15, 0.2) is 6.20 Å². The molecule has 0 saturated carbocycles. The van der Waals surface area contributed by atoms with Crippen molar-refractivity contribution in [1.29, 1.82) is 0 Å². The maximum absolute atomic E-state index is 4.95. The minimum Gasteiger partial charge on any atom is -0.383 e. The molecule has 0 bridgehead atoms. The number of hydrogen-bond acceptors (Lipinski definition) is 4. The number of nitrogens with zero attached hydrogens (tertiary/aromatic N) is 3. The largest absolute Gasteiger partial charge is 0.383 e. The quantitative estimate of drug-likeness (QED) is 0.673. The van der Waals surface area contributed by atoms with E-state index in [1.165, 1.54) is 0 Å². The van der Waals surface area contributed by atoms with E-state index in [4.69, 9.17) is 4.74 Å². The molecule has 1 aromatic rings. The summed E-state index contributed by atoms with van der Waals surface area (Å²) in [6.45, 7) is 7.69. The van der Waals surface area contributed by atoms with Crippen LogP contribution >= 0.6 is 0 Å². The standard InChI is InChI=1S/C11H22N4O/c1-10(2)4-6-15-9-11(13-14-15)8-12-5-7-16-3/h9-10,12H,4-8H2,1-3H3. The summed E-state index contributed by atoms with van der Waals surface area (Å²) in [6, 6.07) is 0. The van der Waals surface area contributed by atoms with E-state index in [1.807, 2.05) is 10.9 Å². The van der Waals surface area contributed by atoms with E-state index in [9.17, 15) is 0 Å². The molecule has 0 aromatic carbocycles. The van der Waals surface area contributed by atoms with Gasteiger partial charge in [-0.1, -0.05) is 19.1 Å². The minimum atomic E-state index is 0.701. The zero-order chi connectivity index (χ0) is 11.8. The number of nitrogens with one attached hydrogen (secondary N) is 1. The van der Waals surface area contributed by atoms with Crippen LogP contribution in [0, 0.1) is 5.92 Å². The Morgan fingerprint density at radius 1 is 1.50 bits per heavy atom. The topological polar surface area (TPSA) is 52.0 Å². The summed E-state index contributed by atoms with van der Waals surface area (Å²) < 4.78 is 6.86. The van der Waals surface area contributed by atoms with Crippen LogP contribution in [-0.4, -0.2) is 35.3 Å². The van der Waals surface area contributed by atoms with Crippen LogP contribution in [0.1, 0.15) is 26.0 Å². The SMILES string of the molecule is COCCNCc1cn(CCC(C)C)nn1. The molecule has 1 N–H and O–H groups in total. The van der Waals surface area contributed by atoms with Gasteiger partial charge in [0.2, 0.25) is 0 Å². The van der Waals surface area contributed by atoms with Crippen LogP contribution in [0.2, 0.25) is 0 Å². The Hall–Kier alpha value is -0.940. The molecule has 16 heavy (non-hydrogen) atoms. The Morgan fingerprint density at radius 2 is 2.31 bits per heavy atom. The highest BCUT2D eigenvalue weighted by atomic mass is 16.5. The van der Waals surface area contributed by atoms with Crippen LogP contribution in [0.3, 0.4) is 0 Å². The molecule has 0 amide bonds. The van der Waals surface area contributed by atoms with Crippen molar-refractivity contribution in [2.45, 2.75) is 33.4 Å². The van der Waals surface area contributed by atoms with Gasteiger partial charge in [-0.2, -0.15) is 0 Å². The fraction of sp³-hybridized carbons (Fsp3) is 0.818. The number of aromatic nitrogens is 3. The van der Waals surface area contributed by atoms with Gasteiger partial charge in [-0.05, 0) is 12.3 Å². The molecule has 0 fully saturated rings. The lowest BCUT2D eigenvalue weighted by atomic mass is 10.1. The molecule has 1 rings (SSSR count). The third kappa shape index (κ3) is 5.23. The van der Waals surface area contributed by atoms with E-state index >= 15 is 0 Å². The molecule has 0 unspecified atom stereocenters. The van der Waals surface area contributed by atoms with E-state index in [0.29, 0.717) is 5.92 Å². The first kappa shape index (κ1) is 13.1. The van der Waals surface area contributed by atoms with E-state index < -0.39 is 0 Å². The van der Waals surface area contributed by atoms with Gasteiger partial charge in [0, 0.05) is 32.9 Å². The number of ether oxygens (including phenoxy) is 1. The maximum Gasteiger partial charge on any atom is 0.0964 e. The Kier molecular flexibility index (Phi) is 6.03. The van der Waals surface area contributed by atoms with Crippen molar-refractivity contribution in [2.75, 3.05) is 20.3 Å². The molecule has 0 aliphatic carbocycles. The van der Waals surface area contributed by atoms with Gasteiger partial charge >= 0.3 is 0 Å². The maximum atomic E-state index is 4.95. The van der Waals surface area contributed by atoms with Crippen LogP contribution in [-0.2, 0) is 17.8 Å². The Bertz CT molecular complexity index is 285. The Labute approximate surface area is 97.2 Å². The van der Waals surface area contributed by atoms with E-state index in [0.717, 1.165) is 38.4 Å². The summed E-state index contributed by atoms with van der Waals surface area (Å²) in [5.41, 5.74) is 0.986. The molecular weight excluding hydrogens is 204 g/mol. The van der Waals surface area contributed by atoms with Crippen LogP contribution in [0.25, 0.3) is 0 Å². The second-order valence-corrected chi connectivity index (χ2v) is 4.33. The second-order valence-electron chi connectivity index (χ2n) is 4.33. The first-order valence-electron chi connectivity index (χ1n) is 5.81. The summed E-state index contributed by atoms with van der Waals surface area (Å²) in [7, 11) is 1.70. The number of aryl methyl sites for hydroxylation is 1. The molecule has 0 radical (unpaired) electrons. The van der Waals surface area contributed by atoms with Crippen molar-refractivity contribution in [2.24, 2.45) is 5.92 Å². The molecule has 0 saturated heterocycles. The fourth-order valence-electron chi connectivity index (χ4n) is 1.31. The van der Waals surface area contributed by atoms with E-state index in [1.54, 1.807) is 7.11 Å². The van der Waals surface area contributed by atoms with Gasteiger partial charge in [-0.25, -0.2) is 0 Å². The van der Waals surface area contributed by atoms with Crippen molar-refractivity contribution in [3.63, 3.8) is 0 Å². The van der Waals surface area contributed by atoms with Gasteiger partial charge in [0.05, 0.1) is 12.3 Å². The van der Waals surface area contributed by atoms with E-state index in [-0.39, 0.29) is 0 Å². The molecular formula is C11H22N4O. The van der Waals surface area contributed by atoms with Gasteiger partial charge < -0.3 is 10.1 Å². The first-order chi connectivity index (χ1) is 7.72. The number of hydrogen-bond donors (Lipinski definition) is 1. The van der Waals surface area contributed by atoms with Crippen LogP contribution in [0.4, 0.5) is 0 Å². The summed E-state index contributed by atoms with van der Waals surface area (Å²) in [6.07, 6.45) is 3.14. The molecule has 0 atom stereocenters. The van der Waals surface area contributed by atoms with Gasteiger partial charge in [-0.15, -0.1) is 5.10 Å². The normalized spacial score (nSPS) is 11.2. The predicted molar refractivity (Wildman–Crippen MR) is 63.1 cm³/mol. The predicted octanol–water partition coefficient (Wildman–Crippen LogP) is 1.06. The minimum absolute atomic E-state index is 0.701. The van der Waals surface area contributed by atoms with Gasteiger partial charge in [0.25, 0.3) is 0 Å². The number of rotatable bonds is 8. The molecule has 0 spiro atoms. The van der Waals surface area contributed by atoms with Crippen molar-refractivity contribution in [3.8, 4) is 0 Å². The molecule has 1 aromatic heterocycles. The highest BCUT2D eigenvalue weighted by Gasteiger charge is 2.01. The fourth-order valence-corrected chi connectivity index (χ4v) is 1.31. The molecule has 5 nitrogen and oxygen atoms in total. The zero-order valence-corrected chi connectivity index (χ0v) is 10.4. The third-order valence-electron chi connectivity index (χ3n) is 2.31.